The molecular weight excluding hydrogens is 296 g/mol. The van der Waals surface area contributed by atoms with Crippen molar-refractivity contribution >= 4 is 21.8 Å². The van der Waals surface area contributed by atoms with Gasteiger partial charge in [0.15, 0.2) is 6.61 Å². The number of hydrogen-bond donors (Lipinski definition) is 2. The molecule has 0 saturated carbocycles. The van der Waals surface area contributed by atoms with Crippen molar-refractivity contribution in [2.75, 3.05) is 26.2 Å². The third-order valence-electron chi connectivity index (χ3n) is 2.23. The van der Waals surface area contributed by atoms with Crippen molar-refractivity contribution in [3.63, 3.8) is 0 Å². The van der Waals surface area contributed by atoms with Gasteiger partial charge in [0.2, 0.25) is 0 Å². The molecule has 0 bridgehead atoms. The highest BCUT2D eigenvalue weighted by Gasteiger charge is 2.01. The van der Waals surface area contributed by atoms with E-state index in [2.05, 4.69) is 33.5 Å². The van der Waals surface area contributed by atoms with Crippen molar-refractivity contribution in [2.45, 2.75) is 13.3 Å². The molecule has 0 aliphatic rings. The molecule has 0 unspecified atom stereocenters. The van der Waals surface area contributed by atoms with Crippen molar-refractivity contribution in [3.8, 4) is 5.75 Å². The van der Waals surface area contributed by atoms with Gasteiger partial charge in [0.1, 0.15) is 5.75 Å². The Kier molecular flexibility index (Phi) is 7.44. The van der Waals surface area contributed by atoms with Crippen LogP contribution in [0.1, 0.15) is 13.3 Å². The van der Waals surface area contributed by atoms with Gasteiger partial charge in [-0.2, -0.15) is 0 Å². The van der Waals surface area contributed by atoms with Crippen LogP contribution in [-0.2, 0) is 4.79 Å². The molecule has 0 fully saturated rings. The topological polar surface area (TPSA) is 50.4 Å². The molecule has 100 valence electrons. The van der Waals surface area contributed by atoms with Crippen LogP contribution in [0.4, 0.5) is 0 Å². The molecule has 0 heterocycles. The summed E-state index contributed by atoms with van der Waals surface area (Å²) < 4.78 is 6.34. The van der Waals surface area contributed by atoms with E-state index in [0.29, 0.717) is 12.3 Å². The van der Waals surface area contributed by atoms with Gasteiger partial charge < -0.3 is 15.4 Å². The number of rotatable bonds is 8. The Balaban J connectivity index is 2.11. The van der Waals surface area contributed by atoms with Crippen LogP contribution in [0, 0.1) is 0 Å². The highest BCUT2D eigenvalue weighted by atomic mass is 79.9. The molecule has 0 aliphatic heterocycles. The Morgan fingerprint density at radius 2 is 1.94 bits per heavy atom. The minimum Gasteiger partial charge on any atom is -0.484 e. The van der Waals surface area contributed by atoms with Crippen molar-refractivity contribution in [3.05, 3.63) is 28.7 Å². The predicted octanol–water partition coefficient (Wildman–Crippen LogP) is 1.94. The summed E-state index contributed by atoms with van der Waals surface area (Å²) in [6.07, 6.45) is 1.10. The average Bonchev–Trinajstić information content (AvgIpc) is 2.38. The van der Waals surface area contributed by atoms with Crippen molar-refractivity contribution in [1.82, 2.24) is 10.6 Å². The van der Waals surface area contributed by atoms with E-state index in [4.69, 9.17) is 4.74 Å². The van der Waals surface area contributed by atoms with Crippen molar-refractivity contribution in [2.24, 2.45) is 0 Å². The van der Waals surface area contributed by atoms with Gasteiger partial charge in [0.05, 0.1) is 0 Å². The maximum atomic E-state index is 11.4. The lowest BCUT2D eigenvalue weighted by atomic mass is 10.3. The van der Waals surface area contributed by atoms with Crippen molar-refractivity contribution in [1.29, 1.82) is 0 Å². The highest BCUT2D eigenvalue weighted by molar-refractivity contribution is 9.10. The third-order valence-corrected chi connectivity index (χ3v) is 2.76. The Labute approximate surface area is 116 Å². The van der Waals surface area contributed by atoms with Crippen molar-refractivity contribution < 1.29 is 9.53 Å². The second kappa shape index (κ2) is 8.94. The van der Waals surface area contributed by atoms with Gasteiger partial charge in [-0.05, 0) is 37.2 Å². The first-order chi connectivity index (χ1) is 8.72. The summed E-state index contributed by atoms with van der Waals surface area (Å²) in [5.41, 5.74) is 0. The van der Waals surface area contributed by atoms with Crippen LogP contribution in [0.5, 0.6) is 5.75 Å². The molecular formula is C13H19BrN2O2. The molecule has 1 rings (SSSR count). The smallest absolute Gasteiger partial charge is 0.257 e. The zero-order valence-corrected chi connectivity index (χ0v) is 12.1. The second-order valence-corrected chi connectivity index (χ2v) is 4.76. The van der Waals surface area contributed by atoms with Crippen LogP contribution in [0.2, 0.25) is 0 Å². The minimum atomic E-state index is -0.101. The highest BCUT2D eigenvalue weighted by Crippen LogP contribution is 2.15. The van der Waals surface area contributed by atoms with E-state index in [1.807, 2.05) is 24.3 Å². The lowest BCUT2D eigenvalue weighted by Gasteiger charge is -2.08. The summed E-state index contributed by atoms with van der Waals surface area (Å²) >= 11 is 3.34. The SMILES string of the molecule is CCCNCCNC(=O)COc1ccc(Br)cc1. The summed E-state index contributed by atoms with van der Waals surface area (Å²) in [4.78, 5) is 11.4. The summed E-state index contributed by atoms with van der Waals surface area (Å²) in [7, 11) is 0. The van der Waals surface area contributed by atoms with Gasteiger partial charge in [-0.3, -0.25) is 4.79 Å². The van der Waals surface area contributed by atoms with E-state index in [1.165, 1.54) is 0 Å². The first-order valence-corrected chi connectivity index (χ1v) is 6.87. The van der Waals surface area contributed by atoms with E-state index in [1.54, 1.807) is 0 Å². The summed E-state index contributed by atoms with van der Waals surface area (Å²) in [5.74, 6) is 0.591. The van der Waals surface area contributed by atoms with Gasteiger partial charge in [-0.15, -0.1) is 0 Å². The van der Waals surface area contributed by atoms with Gasteiger partial charge in [0.25, 0.3) is 5.91 Å². The molecule has 5 heteroatoms. The number of amides is 1. The van der Waals surface area contributed by atoms with E-state index >= 15 is 0 Å². The number of halogens is 1. The Hall–Kier alpha value is -1.07. The zero-order chi connectivity index (χ0) is 13.2. The van der Waals surface area contributed by atoms with Crippen LogP contribution in [0.3, 0.4) is 0 Å². The molecule has 0 aromatic heterocycles. The Morgan fingerprint density at radius 3 is 2.61 bits per heavy atom. The fourth-order valence-corrected chi connectivity index (χ4v) is 1.59. The molecule has 4 nitrogen and oxygen atoms in total. The molecule has 0 aliphatic carbocycles. The van der Waals surface area contributed by atoms with Gasteiger partial charge in [0, 0.05) is 17.6 Å². The molecule has 0 saturated heterocycles. The normalized spacial score (nSPS) is 10.1. The maximum Gasteiger partial charge on any atom is 0.257 e. The fraction of sp³-hybridized carbons (Fsp3) is 0.462. The lowest BCUT2D eigenvalue weighted by Crippen LogP contribution is -2.34. The molecule has 0 radical (unpaired) electrons. The molecule has 2 N–H and O–H groups in total. The van der Waals surface area contributed by atoms with Crippen LogP contribution >= 0.6 is 15.9 Å². The molecule has 0 atom stereocenters. The molecule has 1 aromatic carbocycles. The second-order valence-electron chi connectivity index (χ2n) is 3.84. The molecule has 1 aromatic rings. The zero-order valence-electron chi connectivity index (χ0n) is 10.5. The fourth-order valence-electron chi connectivity index (χ4n) is 1.32. The largest absolute Gasteiger partial charge is 0.484 e. The number of hydrogen-bond acceptors (Lipinski definition) is 3. The van der Waals surface area contributed by atoms with Gasteiger partial charge >= 0.3 is 0 Å². The van der Waals surface area contributed by atoms with E-state index in [9.17, 15) is 4.79 Å². The quantitative estimate of drug-likeness (QED) is 0.721. The first-order valence-electron chi connectivity index (χ1n) is 6.08. The van der Waals surface area contributed by atoms with Crippen LogP contribution in [-0.4, -0.2) is 32.1 Å². The van der Waals surface area contributed by atoms with E-state index < -0.39 is 0 Å². The van der Waals surface area contributed by atoms with Crippen LogP contribution in [0.25, 0.3) is 0 Å². The Bertz CT molecular complexity index is 355. The van der Waals surface area contributed by atoms with Crippen LogP contribution < -0.4 is 15.4 Å². The number of nitrogens with one attached hydrogen (secondary N) is 2. The maximum absolute atomic E-state index is 11.4. The lowest BCUT2D eigenvalue weighted by molar-refractivity contribution is -0.123. The first kappa shape index (κ1) is 15.0. The Morgan fingerprint density at radius 1 is 1.22 bits per heavy atom. The van der Waals surface area contributed by atoms with Crippen LogP contribution in [0.15, 0.2) is 28.7 Å². The van der Waals surface area contributed by atoms with E-state index in [-0.39, 0.29) is 12.5 Å². The summed E-state index contributed by atoms with van der Waals surface area (Å²) in [5, 5.41) is 6.00. The van der Waals surface area contributed by atoms with Gasteiger partial charge in [-0.25, -0.2) is 0 Å². The monoisotopic (exact) mass is 314 g/mol. The van der Waals surface area contributed by atoms with E-state index in [0.717, 1.165) is 24.0 Å². The third kappa shape index (κ3) is 6.61. The van der Waals surface area contributed by atoms with Gasteiger partial charge in [-0.1, -0.05) is 22.9 Å². The number of carbonyl (C=O) groups excluding carboxylic acids is 1. The standard InChI is InChI=1S/C13H19BrN2O2/c1-2-7-15-8-9-16-13(17)10-18-12-5-3-11(14)4-6-12/h3-6,15H,2,7-10H2,1H3,(H,16,17). The minimum absolute atomic E-state index is 0.0510. The molecule has 1 amide bonds. The number of carbonyl (C=O) groups is 1. The molecule has 0 spiro atoms. The summed E-state index contributed by atoms with van der Waals surface area (Å²) in [6, 6.07) is 7.39. The summed E-state index contributed by atoms with van der Waals surface area (Å²) in [6.45, 7) is 4.55. The number of ether oxygens (including phenoxy) is 1. The molecule has 18 heavy (non-hydrogen) atoms. The number of benzene rings is 1. The predicted molar refractivity (Wildman–Crippen MR) is 75.8 cm³/mol. The average molecular weight is 315 g/mol.